The second-order valence-corrected chi connectivity index (χ2v) is 4.81. The summed E-state index contributed by atoms with van der Waals surface area (Å²) in [7, 11) is 0. The number of nitrogens with two attached hydrogens (primary N) is 2. The summed E-state index contributed by atoms with van der Waals surface area (Å²) in [5.74, 6) is -0.116. The lowest BCUT2D eigenvalue weighted by molar-refractivity contribution is -0.384. The Morgan fingerprint density at radius 1 is 1.25 bits per heavy atom. The summed E-state index contributed by atoms with van der Waals surface area (Å²) in [6.07, 6.45) is 1.48. The number of phenols is 1. The fourth-order valence-corrected chi connectivity index (χ4v) is 2.04. The Morgan fingerprint density at radius 2 is 2.04 bits per heavy atom. The SMILES string of the molecule is Nc1nc(N)c2nc(CNc3ccc([N+](=O)[O-])cc3O)cnc2n1. The van der Waals surface area contributed by atoms with E-state index in [1.165, 1.54) is 18.3 Å². The number of fused-ring (bicyclic) bond motifs is 1. The van der Waals surface area contributed by atoms with Gasteiger partial charge in [0.15, 0.2) is 17.0 Å². The Labute approximate surface area is 134 Å². The summed E-state index contributed by atoms with van der Waals surface area (Å²) >= 11 is 0. The molecule has 0 bridgehead atoms. The first-order valence-electron chi connectivity index (χ1n) is 6.70. The molecule has 122 valence electrons. The van der Waals surface area contributed by atoms with Gasteiger partial charge in [0, 0.05) is 6.07 Å². The molecule has 3 rings (SSSR count). The predicted molar refractivity (Wildman–Crippen MR) is 86.0 cm³/mol. The molecule has 6 N–H and O–H groups in total. The minimum absolute atomic E-state index is 0.0102. The lowest BCUT2D eigenvalue weighted by Crippen LogP contribution is -2.07. The van der Waals surface area contributed by atoms with Crippen molar-refractivity contribution in [3.63, 3.8) is 0 Å². The number of nitro benzene ring substituents is 1. The van der Waals surface area contributed by atoms with E-state index in [0.29, 0.717) is 16.9 Å². The summed E-state index contributed by atoms with van der Waals surface area (Å²) in [5.41, 5.74) is 12.5. The number of nitro groups is 1. The zero-order valence-electron chi connectivity index (χ0n) is 12.2. The van der Waals surface area contributed by atoms with Gasteiger partial charge in [-0.25, -0.2) is 9.97 Å². The number of hydrogen-bond acceptors (Lipinski definition) is 10. The Kier molecular flexibility index (Phi) is 3.66. The third-order valence-electron chi connectivity index (χ3n) is 3.15. The van der Waals surface area contributed by atoms with Crippen molar-refractivity contribution < 1.29 is 10.0 Å². The normalized spacial score (nSPS) is 10.7. The van der Waals surface area contributed by atoms with Crippen molar-refractivity contribution in [1.82, 2.24) is 19.9 Å². The van der Waals surface area contributed by atoms with Crippen molar-refractivity contribution >= 4 is 34.3 Å². The quantitative estimate of drug-likeness (QED) is 0.304. The van der Waals surface area contributed by atoms with Gasteiger partial charge in [0.1, 0.15) is 5.75 Å². The van der Waals surface area contributed by atoms with Gasteiger partial charge in [-0.3, -0.25) is 10.1 Å². The van der Waals surface area contributed by atoms with Crippen LogP contribution < -0.4 is 16.8 Å². The molecule has 3 aromatic rings. The first-order chi connectivity index (χ1) is 11.4. The lowest BCUT2D eigenvalue weighted by Gasteiger charge is -2.08. The molecule has 0 atom stereocenters. The summed E-state index contributed by atoms with van der Waals surface area (Å²) < 4.78 is 0. The number of hydrogen-bond donors (Lipinski definition) is 4. The number of aromatic nitrogens is 4. The van der Waals surface area contributed by atoms with E-state index in [2.05, 4.69) is 25.3 Å². The molecule has 0 aliphatic rings. The standard InChI is InChI=1S/C13H12N8O3/c14-11-10-12(20-13(15)19-11)17-5-6(18-10)4-16-8-2-1-7(21(23)24)3-9(8)22/h1-3,5,16,22H,4H2,(H4,14,15,17,19,20). The molecule has 11 nitrogen and oxygen atoms in total. The molecule has 0 unspecified atom stereocenters. The van der Waals surface area contributed by atoms with E-state index in [9.17, 15) is 15.2 Å². The van der Waals surface area contributed by atoms with Gasteiger partial charge in [0.05, 0.1) is 35.1 Å². The topological polar surface area (TPSA) is 179 Å². The van der Waals surface area contributed by atoms with E-state index in [1.807, 2.05) is 0 Å². The van der Waals surface area contributed by atoms with E-state index >= 15 is 0 Å². The molecular formula is C13H12N8O3. The number of nitrogens with zero attached hydrogens (tertiary/aromatic N) is 5. The van der Waals surface area contributed by atoms with Gasteiger partial charge >= 0.3 is 0 Å². The molecule has 0 radical (unpaired) electrons. The van der Waals surface area contributed by atoms with Crippen LogP contribution in [0.2, 0.25) is 0 Å². The van der Waals surface area contributed by atoms with Crippen LogP contribution in [-0.4, -0.2) is 30.0 Å². The highest BCUT2D eigenvalue weighted by Gasteiger charge is 2.11. The molecule has 11 heteroatoms. The lowest BCUT2D eigenvalue weighted by atomic mass is 10.2. The van der Waals surface area contributed by atoms with E-state index in [0.717, 1.165) is 6.07 Å². The Hall–Kier alpha value is -3.76. The number of phenolic OH excluding ortho intramolecular Hbond substituents is 1. The largest absolute Gasteiger partial charge is 0.506 e. The van der Waals surface area contributed by atoms with Crippen molar-refractivity contribution in [2.75, 3.05) is 16.8 Å². The minimum Gasteiger partial charge on any atom is -0.506 e. The third-order valence-corrected chi connectivity index (χ3v) is 3.15. The Balaban J connectivity index is 1.82. The number of anilines is 3. The fraction of sp³-hybridized carbons (Fsp3) is 0.0769. The predicted octanol–water partition coefficient (Wildman–Crippen LogP) is 0.810. The van der Waals surface area contributed by atoms with E-state index in [-0.39, 0.29) is 35.4 Å². The second kappa shape index (κ2) is 5.79. The molecule has 24 heavy (non-hydrogen) atoms. The fourth-order valence-electron chi connectivity index (χ4n) is 2.04. The highest BCUT2D eigenvalue weighted by atomic mass is 16.6. The highest BCUT2D eigenvalue weighted by molar-refractivity contribution is 5.81. The van der Waals surface area contributed by atoms with E-state index < -0.39 is 4.92 Å². The number of rotatable bonds is 4. The average Bonchev–Trinajstić information content (AvgIpc) is 2.53. The molecule has 0 fully saturated rings. The van der Waals surface area contributed by atoms with E-state index in [4.69, 9.17) is 11.5 Å². The van der Waals surface area contributed by atoms with Crippen LogP contribution >= 0.6 is 0 Å². The van der Waals surface area contributed by atoms with Crippen molar-refractivity contribution in [1.29, 1.82) is 0 Å². The molecule has 2 aromatic heterocycles. The molecule has 0 aliphatic heterocycles. The summed E-state index contributed by atoms with van der Waals surface area (Å²) in [4.78, 5) is 26.2. The molecule has 0 saturated carbocycles. The van der Waals surface area contributed by atoms with Crippen LogP contribution in [0.15, 0.2) is 24.4 Å². The molecule has 0 aliphatic carbocycles. The number of nitrogen functional groups attached to an aromatic ring is 2. The van der Waals surface area contributed by atoms with Crippen LogP contribution in [-0.2, 0) is 6.54 Å². The highest BCUT2D eigenvalue weighted by Crippen LogP contribution is 2.28. The smallest absolute Gasteiger partial charge is 0.273 e. The first-order valence-corrected chi connectivity index (χ1v) is 6.70. The van der Waals surface area contributed by atoms with Gasteiger partial charge in [-0.15, -0.1) is 0 Å². The molecule has 1 aromatic carbocycles. The van der Waals surface area contributed by atoms with Crippen LogP contribution in [0.4, 0.5) is 23.1 Å². The van der Waals surface area contributed by atoms with Gasteiger partial charge < -0.3 is 21.9 Å². The molecular weight excluding hydrogens is 316 g/mol. The van der Waals surface area contributed by atoms with Gasteiger partial charge in [-0.1, -0.05) is 0 Å². The third kappa shape index (κ3) is 2.90. The molecule has 2 heterocycles. The molecule has 0 saturated heterocycles. The van der Waals surface area contributed by atoms with E-state index in [1.54, 1.807) is 0 Å². The van der Waals surface area contributed by atoms with Gasteiger partial charge in [-0.05, 0) is 6.07 Å². The van der Waals surface area contributed by atoms with Crippen LogP contribution in [0, 0.1) is 10.1 Å². The number of nitrogens with one attached hydrogen (secondary N) is 1. The summed E-state index contributed by atoms with van der Waals surface area (Å²) in [6.45, 7) is 0.206. The summed E-state index contributed by atoms with van der Waals surface area (Å²) in [5, 5.41) is 23.4. The Bertz CT molecular complexity index is 946. The molecule has 0 amide bonds. The van der Waals surface area contributed by atoms with Crippen molar-refractivity contribution in [3.8, 4) is 5.75 Å². The monoisotopic (exact) mass is 328 g/mol. The van der Waals surface area contributed by atoms with Gasteiger partial charge in [0.2, 0.25) is 5.95 Å². The van der Waals surface area contributed by atoms with Crippen LogP contribution in [0.25, 0.3) is 11.2 Å². The van der Waals surface area contributed by atoms with Crippen molar-refractivity contribution in [2.45, 2.75) is 6.54 Å². The maximum absolute atomic E-state index is 10.6. The van der Waals surface area contributed by atoms with Crippen LogP contribution in [0.1, 0.15) is 5.69 Å². The van der Waals surface area contributed by atoms with Crippen LogP contribution in [0.3, 0.4) is 0 Å². The average molecular weight is 328 g/mol. The summed E-state index contributed by atoms with van der Waals surface area (Å²) in [6, 6.07) is 3.74. The number of non-ortho nitro benzene ring substituents is 1. The number of aromatic hydroxyl groups is 1. The first kappa shape index (κ1) is 15.1. The Morgan fingerprint density at radius 3 is 2.75 bits per heavy atom. The zero-order chi connectivity index (χ0) is 17.3. The second-order valence-electron chi connectivity index (χ2n) is 4.81. The molecule has 0 spiro atoms. The minimum atomic E-state index is -0.590. The number of benzene rings is 1. The van der Waals surface area contributed by atoms with Crippen molar-refractivity contribution in [2.24, 2.45) is 0 Å². The maximum Gasteiger partial charge on any atom is 0.273 e. The van der Waals surface area contributed by atoms with Crippen LogP contribution in [0.5, 0.6) is 5.75 Å². The van der Waals surface area contributed by atoms with Crippen molar-refractivity contribution in [3.05, 3.63) is 40.2 Å². The van der Waals surface area contributed by atoms with Gasteiger partial charge in [0.25, 0.3) is 5.69 Å². The van der Waals surface area contributed by atoms with Gasteiger partial charge in [-0.2, -0.15) is 9.97 Å². The maximum atomic E-state index is 10.6. The zero-order valence-corrected chi connectivity index (χ0v) is 12.2.